The number of carbonyl (C=O) groups is 2. The zero-order chi connectivity index (χ0) is 24.2. The molecule has 2 aliphatic heterocycles. The highest BCUT2D eigenvalue weighted by atomic mass is 16.7. The maximum atomic E-state index is 13.4. The predicted molar refractivity (Wildman–Crippen MR) is 127 cm³/mol. The van der Waals surface area contributed by atoms with Gasteiger partial charge in [-0.15, -0.1) is 0 Å². The summed E-state index contributed by atoms with van der Waals surface area (Å²) in [7, 11) is 1.85. The summed E-state index contributed by atoms with van der Waals surface area (Å²) in [4.78, 5) is 27.7. The van der Waals surface area contributed by atoms with Gasteiger partial charge >= 0.3 is 6.03 Å². The van der Waals surface area contributed by atoms with Crippen molar-refractivity contribution in [1.29, 1.82) is 0 Å². The first-order chi connectivity index (χ1) is 16.4. The van der Waals surface area contributed by atoms with Gasteiger partial charge in [0.1, 0.15) is 11.9 Å². The van der Waals surface area contributed by atoms with Gasteiger partial charge in [0.25, 0.3) is 5.91 Å². The molecule has 0 aromatic heterocycles. The molecule has 0 saturated carbocycles. The van der Waals surface area contributed by atoms with E-state index in [1.54, 1.807) is 48.2 Å². The second-order valence-electron chi connectivity index (χ2n) is 8.54. The highest BCUT2D eigenvalue weighted by Gasteiger charge is 2.32. The summed E-state index contributed by atoms with van der Waals surface area (Å²) in [5.41, 5.74) is 1.30. The Hall–Kier alpha value is -3.50. The Balaban J connectivity index is 1.55. The number of urea groups is 1. The van der Waals surface area contributed by atoms with Crippen LogP contribution in [0.2, 0.25) is 0 Å². The molecule has 2 aliphatic rings. The van der Waals surface area contributed by atoms with Crippen LogP contribution in [0.25, 0.3) is 0 Å². The van der Waals surface area contributed by atoms with Crippen LogP contribution >= 0.6 is 0 Å². The Morgan fingerprint density at radius 3 is 2.50 bits per heavy atom. The van der Waals surface area contributed by atoms with Gasteiger partial charge in [-0.25, -0.2) is 4.79 Å². The lowest BCUT2D eigenvalue weighted by molar-refractivity contribution is 0.0416. The third kappa shape index (κ3) is 5.02. The van der Waals surface area contributed by atoms with Crippen LogP contribution in [0.15, 0.2) is 36.4 Å². The van der Waals surface area contributed by atoms with Crippen molar-refractivity contribution in [3.05, 3.63) is 42.0 Å². The lowest BCUT2D eigenvalue weighted by Crippen LogP contribution is -2.49. The first-order valence-electron chi connectivity index (χ1n) is 11.2. The molecule has 0 fully saturated rings. The van der Waals surface area contributed by atoms with Crippen molar-refractivity contribution in [2.75, 3.05) is 44.2 Å². The van der Waals surface area contributed by atoms with E-state index in [-0.39, 0.29) is 37.4 Å². The van der Waals surface area contributed by atoms with Crippen molar-refractivity contribution in [3.8, 4) is 17.2 Å². The molecule has 0 spiro atoms. The monoisotopic (exact) mass is 470 g/mol. The molecule has 3 atom stereocenters. The average Bonchev–Trinajstić information content (AvgIpc) is 3.29. The summed E-state index contributed by atoms with van der Waals surface area (Å²) >= 11 is 0. The van der Waals surface area contributed by atoms with Crippen LogP contribution in [0.5, 0.6) is 17.2 Å². The van der Waals surface area contributed by atoms with E-state index in [4.69, 9.17) is 14.2 Å². The summed E-state index contributed by atoms with van der Waals surface area (Å²) in [5, 5.41) is 18.4. The van der Waals surface area contributed by atoms with E-state index in [9.17, 15) is 14.7 Å². The fourth-order valence-electron chi connectivity index (χ4n) is 4.01. The number of anilines is 2. The molecule has 4 rings (SSSR count). The van der Waals surface area contributed by atoms with Crippen molar-refractivity contribution in [2.24, 2.45) is 5.92 Å². The Bertz CT molecular complexity index is 1060. The minimum atomic E-state index is -0.472. The largest absolute Gasteiger partial charge is 0.488 e. The Labute approximate surface area is 198 Å². The fourth-order valence-corrected chi connectivity index (χ4v) is 4.01. The number of ether oxygens (including phenoxy) is 3. The maximum absolute atomic E-state index is 13.4. The number of aliphatic hydroxyl groups is 1. The quantitative estimate of drug-likeness (QED) is 0.512. The number of hydrogen-bond acceptors (Lipinski definition) is 7. The van der Waals surface area contributed by atoms with Crippen LogP contribution in [0.4, 0.5) is 16.2 Å². The van der Waals surface area contributed by atoms with E-state index in [2.05, 4.69) is 16.0 Å². The van der Waals surface area contributed by atoms with E-state index in [1.807, 2.05) is 14.0 Å². The number of fused-ring (bicyclic) bond motifs is 2. The molecule has 4 N–H and O–H groups in total. The zero-order valence-corrected chi connectivity index (χ0v) is 19.5. The number of aliphatic hydroxyl groups excluding tert-OH is 1. The van der Waals surface area contributed by atoms with Gasteiger partial charge in [0, 0.05) is 36.4 Å². The molecule has 2 aromatic carbocycles. The van der Waals surface area contributed by atoms with Crippen LogP contribution in [0.1, 0.15) is 24.2 Å². The first-order valence-corrected chi connectivity index (χ1v) is 11.2. The fraction of sp³-hybridized carbons (Fsp3) is 0.417. The Morgan fingerprint density at radius 1 is 1.12 bits per heavy atom. The van der Waals surface area contributed by atoms with Gasteiger partial charge in [-0.05, 0) is 44.3 Å². The highest BCUT2D eigenvalue weighted by molar-refractivity contribution is 6.02. The molecule has 34 heavy (non-hydrogen) atoms. The van der Waals surface area contributed by atoms with Gasteiger partial charge < -0.3 is 40.2 Å². The number of benzene rings is 2. The van der Waals surface area contributed by atoms with Gasteiger partial charge in [0.15, 0.2) is 11.5 Å². The smallest absolute Gasteiger partial charge is 0.323 e. The van der Waals surface area contributed by atoms with E-state index >= 15 is 0 Å². The van der Waals surface area contributed by atoms with Gasteiger partial charge in [-0.3, -0.25) is 4.79 Å². The SMILES string of the molecule is CNC[C@H]1Oc2ccc(NC(=O)Nc3ccc4c(c3)OCO4)cc2C(=O)N([C@H](C)CO)C[C@H]1C. The van der Waals surface area contributed by atoms with Gasteiger partial charge in [0.05, 0.1) is 18.2 Å². The molecule has 0 aliphatic carbocycles. The molecule has 3 amide bonds. The van der Waals surface area contributed by atoms with E-state index in [0.717, 1.165) is 0 Å². The summed E-state index contributed by atoms with van der Waals surface area (Å²) in [6.07, 6.45) is -0.168. The van der Waals surface area contributed by atoms with Crippen molar-refractivity contribution in [1.82, 2.24) is 10.2 Å². The maximum Gasteiger partial charge on any atom is 0.323 e. The van der Waals surface area contributed by atoms with E-state index in [1.165, 1.54) is 0 Å². The minimum Gasteiger partial charge on any atom is -0.488 e. The Morgan fingerprint density at radius 2 is 1.79 bits per heavy atom. The number of rotatable bonds is 6. The minimum absolute atomic E-state index is 0.0452. The third-order valence-electron chi connectivity index (χ3n) is 5.96. The number of amides is 3. The topological polar surface area (TPSA) is 121 Å². The van der Waals surface area contributed by atoms with Crippen LogP contribution in [-0.2, 0) is 0 Å². The highest BCUT2D eigenvalue weighted by Crippen LogP contribution is 2.34. The van der Waals surface area contributed by atoms with E-state index < -0.39 is 6.03 Å². The lowest BCUT2D eigenvalue weighted by Gasteiger charge is -2.37. The first kappa shape index (κ1) is 23.7. The summed E-state index contributed by atoms with van der Waals surface area (Å²) < 4.78 is 16.8. The third-order valence-corrected chi connectivity index (χ3v) is 5.96. The molecule has 2 aromatic rings. The molecule has 0 radical (unpaired) electrons. The van der Waals surface area contributed by atoms with Crippen LogP contribution in [0, 0.1) is 5.92 Å². The molecule has 0 saturated heterocycles. The van der Waals surface area contributed by atoms with Crippen molar-refractivity contribution < 1.29 is 28.9 Å². The summed E-state index contributed by atoms with van der Waals surface area (Å²) in [6.45, 7) is 4.87. The summed E-state index contributed by atoms with van der Waals surface area (Å²) in [5.74, 6) is 1.41. The number of hydrogen-bond donors (Lipinski definition) is 4. The molecular formula is C24H30N4O6. The molecule has 0 unspecified atom stereocenters. The van der Waals surface area contributed by atoms with Crippen molar-refractivity contribution in [2.45, 2.75) is 26.0 Å². The number of nitrogens with one attached hydrogen (secondary N) is 3. The molecule has 10 heteroatoms. The lowest BCUT2D eigenvalue weighted by atomic mass is 9.99. The van der Waals surface area contributed by atoms with Crippen LogP contribution in [0.3, 0.4) is 0 Å². The predicted octanol–water partition coefficient (Wildman–Crippen LogP) is 2.50. The molecule has 2 heterocycles. The average molecular weight is 471 g/mol. The van der Waals surface area contributed by atoms with Crippen LogP contribution in [-0.4, -0.2) is 67.6 Å². The number of carbonyl (C=O) groups excluding carboxylic acids is 2. The number of likely N-dealkylation sites (N-methyl/N-ethyl adjacent to an activating group) is 1. The molecule has 0 bridgehead atoms. The Kier molecular flexibility index (Phi) is 7.09. The van der Waals surface area contributed by atoms with Crippen molar-refractivity contribution >= 4 is 23.3 Å². The van der Waals surface area contributed by atoms with Gasteiger partial charge in [0.2, 0.25) is 6.79 Å². The second kappa shape index (κ2) is 10.2. The summed E-state index contributed by atoms with van der Waals surface area (Å²) in [6, 6.07) is 9.25. The number of nitrogens with zero attached hydrogens (tertiary/aromatic N) is 1. The zero-order valence-electron chi connectivity index (χ0n) is 19.5. The normalized spacial score (nSPS) is 20.0. The molecule has 10 nitrogen and oxygen atoms in total. The molecule has 182 valence electrons. The van der Waals surface area contributed by atoms with Crippen molar-refractivity contribution in [3.63, 3.8) is 0 Å². The standard InChI is InChI=1S/C24H30N4O6/c1-14-11-28(15(2)12-29)23(30)18-8-16(4-6-19(18)34-22(14)10-25-3)26-24(31)27-17-5-7-20-21(9-17)33-13-32-20/h4-9,14-15,22,25,29H,10-13H2,1-3H3,(H2,26,27,31)/t14-,15-,22-/m1/s1. The van der Waals surface area contributed by atoms with Crippen LogP contribution < -0.4 is 30.2 Å². The molecular weight excluding hydrogens is 440 g/mol. The van der Waals surface area contributed by atoms with Gasteiger partial charge in [-0.1, -0.05) is 6.92 Å². The second-order valence-corrected chi connectivity index (χ2v) is 8.54. The van der Waals surface area contributed by atoms with E-state index in [0.29, 0.717) is 47.3 Å². The van der Waals surface area contributed by atoms with Gasteiger partial charge in [-0.2, -0.15) is 0 Å².